The third-order valence-electron chi connectivity index (χ3n) is 4.25. The molecule has 1 atom stereocenters. The zero-order valence-corrected chi connectivity index (χ0v) is 12.2. The molecular weight excluding hydrogens is 279 g/mol. The van der Waals surface area contributed by atoms with Gasteiger partial charge in [-0.25, -0.2) is 9.37 Å². The second-order valence-electron chi connectivity index (χ2n) is 5.77. The summed E-state index contributed by atoms with van der Waals surface area (Å²) in [6.45, 7) is 1.91. The van der Waals surface area contributed by atoms with Gasteiger partial charge in [0.2, 0.25) is 0 Å². The van der Waals surface area contributed by atoms with Gasteiger partial charge in [0.1, 0.15) is 11.6 Å². The zero-order valence-electron chi connectivity index (χ0n) is 12.2. The molecule has 4 nitrogen and oxygen atoms in total. The summed E-state index contributed by atoms with van der Waals surface area (Å²) in [5.74, 6) is 0.698. The topological polar surface area (TPSA) is 44.8 Å². The SMILES string of the molecule is Fc1ccc2nc([C@H]3CCCN3Cc3cccnc3)[nH]c2c1. The maximum absolute atomic E-state index is 13.3. The molecule has 1 aliphatic heterocycles. The van der Waals surface area contributed by atoms with Gasteiger partial charge in [-0.3, -0.25) is 9.88 Å². The number of fused-ring (bicyclic) bond motifs is 1. The molecule has 0 saturated carbocycles. The summed E-state index contributed by atoms with van der Waals surface area (Å²) in [6, 6.07) is 9.00. The maximum Gasteiger partial charge on any atom is 0.125 e. The van der Waals surface area contributed by atoms with Crippen LogP contribution in [0.1, 0.15) is 30.3 Å². The van der Waals surface area contributed by atoms with E-state index in [4.69, 9.17) is 0 Å². The predicted octanol–water partition coefficient (Wildman–Crippen LogP) is 3.43. The first kappa shape index (κ1) is 13.4. The standard InChI is InChI=1S/C17H17FN4/c18-13-5-6-14-15(9-13)21-17(20-14)16-4-2-8-22(16)11-12-3-1-7-19-10-12/h1,3,5-7,9-10,16H,2,4,8,11H2,(H,20,21)/t16-/m1/s1. The molecule has 2 aromatic heterocycles. The molecular formula is C17H17FN4. The first-order chi connectivity index (χ1) is 10.8. The van der Waals surface area contributed by atoms with Gasteiger partial charge in [0.25, 0.3) is 0 Å². The number of aromatic nitrogens is 3. The molecule has 0 unspecified atom stereocenters. The van der Waals surface area contributed by atoms with Crippen molar-refractivity contribution in [1.82, 2.24) is 19.9 Å². The molecule has 3 heterocycles. The predicted molar refractivity (Wildman–Crippen MR) is 82.7 cm³/mol. The average Bonchev–Trinajstić information content (AvgIpc) is 3.14. The Morgan fingerprint density at radius 2 is 2.27 bits per heavy atom. The highest BCUT2D eigenvalue weighted by atomic mass is 19.1. The lowest BCUT2D eigenvalue weighted by molar-refractivity contribution is 0.241. The minimum Gasteiger partial charge on any atom is -0.341 e. The zero-order chi connectivity index (χ0) is 14.9. The summed E-state index contributed by atoms with van der Waals surface area (Å²) in [7, 11) is 0. The quantitative estimate of drug-likeness (QED) is 0.805. The number of halogens is 1. The van der Waals surface area contributed by atoms with Crippen LogP contribution in [0.4, 0.5) is 4.39 Å². The van der Waals surface area contributed by atoms with Gasteiger partial charge in [0.15, 0.2) is 0 Å². The van der Waals surface area contributed by atoms with Crippen molar-refractivity contribution in [1.29, 1.82) is 0 Å². The van der Waals surface area contributed by atoms with Crippen molar-refractivity contribution in [2.45, 2.75) is 25.4 Å². The molecule has 22 heavy (non-hydrogen) atoms. The Balaban J connectivity index is 1.61. The molecule has 0 amide bonds. The highest BCUT2D eigenvalue weighted by molar-refractivity contribution is 5.75. The van der Waals surface area contributed by atoms with Crippen molar-refractivity contribution in [3.63, 3.8) is 0 Å². The van der Waals surface area contributed by atoms with Crippen LogP contribution < -0.4 is 0 Å². The Kier molecular flexibility index (Phi) is 3.35. The normalized spacial score (nSPS) is 19.0. The number of hydrogen-bond acceptors (Lipinski definition) is 3. The molecule has 112 valence electrons. The Bertz CT molecular complexity index is 784. The van der Waals surface area contributed by atoms with Gasteiger partial charge in [0, 0.05) is 18.9 Å². The minimum absolute atomic E-state index is 0.235. The molecule has 1 fully saturated rings. The molecule has 1 N–H and O–H groups in total. The van der Waals surface area contributed by atoms with E-state index in [1.807, 2.05) is 12.3 Å². The van der Waals surface area contributed by atoms with Gasteiger partial charge >= 0.3 is 0 Å². The monoisotopic (exact) mass is 296 g/mol. The van der Waals surface area contributed by atoms with Crippen LogP contribution in [0.2, 0.25) is 0 Å². The van der Waals surface area contributed by atoms with Crippen LogP contribution in [0.3, 0.4) is 0 Å². The van der Waals surface area contributed by atoms with Gasteiger partial charge in [-0.1, -0.05) is 6.07 Å². The van der Waals surface area contributed by atoms with Crippen molar-refractivity contribution in [3.05, 3.63) is 59.9 Å². The molecule has 1 aliphatic rings. The number of hydrogen-bond donors (Lipinski definition) is 1. The lowest BCUT2D eigenvalue weighted by Gasteiger charge is -2.22. The lowest BCUT2D eigenvalue weighted by Crippen LogP contribution is -2.23. The van der Waals surface area contributed by atoms with Crippen LogP contribution in [0, 0.1) is 5.82 Å². The number of aromatic amines is 1. The molecule has 4 rings (SSSR count). The molecule has 0 spiro atoms. The van der Waals surface area contributed by atoms with Crippen molar-refractivity contribution in [2.24, 2.45) is 0 Å². The second kappa shape index (κ2) is 5.50. The molecule has 0 bridgehead atoms. The third kappa shape index (κ3) is 2.48. The number of nitrogens with one attached hydrogen (secondary N) is 1. The summed E-state index contributed by atoms with van der Waals surface area (Å²) in [6.07, 6.45) is 5.92. The number of likely N-dealkylation sites (tertiary alicyclic amines) is 1. The van der Waals surface area contributed by atoms with Crippen molar-refractivity contribution < 1.29 is 4.39 Å². The number of rotatable bonds is 3. The van der Waals surface area contributed by atoms with E-state index in [-0.39, 0.29) is 11.9 Å². The Labute approximate surface area is 128 Å². The Morgan fingerprint density at radius 3 is 3.14 bits per heavy atom. The third-order valence-corrected chi connectivity index (χ3v) is 4.25. The van der Waals surface area contributed by atoms with Crippen molar-refractivity contribution in [2.75, 3.05) is 6.54 Å². The van der Waals surface area contributed by atoms with E-state index in [1.165, 1.54) is 17.7 Å². The lowest BCUT2D eigenvalue weighted by atomic mass is 10.2. The van der Waals surface area contributed by atoms with Crippen molar-refractivity contribution >= 4 is 11.0 Å². The minimum atomic E-state index is -0.235. The first-order valence-electron chi connectivity index (χ1n) is 7.58. The first-order valence-corrected chi connectivity index (χ1v) is 7.58. The van der Waals surface area contributed by atoms with E-state index < -0.39 is 0 Å². The van der Waals surface area contributed by atoms with Crippen LogP contribution in [0.5, 0.6) is 0 Å². The Morgan fingerprint density at radius 1 is 1.32 bits per heavy atom. The number of benzene rings is 1. The van der Waals surface area contributed by atoms with E-state index in [9.17, 15) is 4.39 Å². The summed E-state index contributed by atoms with van der Waals surface area (Å²) < 4.78 is 13.3. The molecule has 1 aromatic carbocycles. The van der Waals surface area contributed by atoms with E-state index in [1.54, 1.807) is 12.3 Å². The summed E-state index contributed by atoms with van der Waals surface area (Å²) >= 11 is 0. The van der Waals surface area contributed by atoms with E-state index in [0.29, 0.717) is 0 Å². The number of H-pyrrole nitrogens is 1. The van der Waals surface area contributed by atoms with Gasteiger partial charge in [-0.2, -0.15) is 0 Å². The van der Waals surface area contributed by atoms with E-state index >= 15 is 0 Å². The fourth-order valence-electron chi connectivity index (χ4n) is 3.21. The van der Waals surface area contributed by atoms with Gasteiger partial charge in [-0.05, 0) is 49.2 Å². The van der Waals surface area contributed by atoms with Gasteiger partial charge < -0.3 is 4.98 Å². The van der Waals surface area contributed by atoms with Crippen LogP contribution >= 0.6 is 0 Å². The van der Waals surface area contributed by atoms with Crippen LogP contribution in [-0.4, -0.2) is 26.4 Å². The Hall–Kier alpha value is -2.27. The van der Waals surface area contributed by atoms with Crippen LogP contribution in [0.15, 0.2) is 42.7 Å². The summed E-state index contributed by atoms with van der Waals surface area (Å²) in [5.41, 5.74) is 2.80. The fourth-order valence-corrected chi connectivity index (χ4v) is 3.21. The molecule has 0 aliphatic carbocycles. The average molecular weight is 296 g/mol. The highest BCUT2D eigenvalue weighted by Crippen LogP contribution is 2.32. The number of imidazole rings is 1. The van der Waals surface area contributed by atoms with Crippen LogP contribution in [-0.2, 0) is 6.54 Å². The second-order valence-corrected chi connectivity index (χ2v) is 5.77. The van der Waals surface area contributed by atoms with Crippen LogP contribution in [0.25, 0.3) is 11.0 Å². The van der Waals surface area contributed by atoms with E-state index in [2.05, 4.69) is 25.9 Å². The van der Waals surface area contributed by atoms with Crippen molar-refractivity contribution in [3.8, 4) is 0 Å². The maximum atomic E-state index is 13.3. The molecule has 5 heteroatoms. The van der Waals surface area contributed by atoms with Gasteiger partial charge in [0.05, 0.1) is 17.1 Å². The molecule has 3 aromatic rings. The largest absolute Gasteiger partial charge is 0.341 e. The fraction of sp³-hybridized carbons (Fsp3) is 0.294. The molecule has 1 saturated heterocycles. The number of nitrogens with zero attached hydrogens (tertiary/aromatic N) is 3. The molecule has 0 radical (unpaired) electrons. The smallest absolute Gasteiger partial charge is 0.125 e. The van der Waals surface area contributed by atoms with Gasteiger partial charge in [-0.15, -0.1) is 0 Å². The number of pyridine rings is 1. The summed E-state index contributed by atoms with van der Waals surface area (Å²) in [5, 5.41) is 0. The summed E-state index contributed by atoms with van der Waals surface area (Å²) in [4.78, 5) is 14.5. The van der Waals surface area contributed by atoms with E-state index in [0.717, 1.165) is 42.8 Å². The highest BCUT2D eigenvalue weighted by Gasteiger charge is 2.28.